The van der Waals surface area contributed by atoms with E-state index in [-0.39, 0.29) is 63.9 Å². The molecule has 2 aromatic heterocycles. The predicted octanol–water partition coefficient (Wildman–Crippen LogP) is 1.61. The van der Waals surface area contributed by atoms with Crippen molar-refractivity contribution in [1.29, 1.82) is 0 Å². The molecule has 1 aromatic carbocycles. The minimum atomic E-state index is -4.97. The van der Waals surface area contributed by atoms with Crippen molar-refractivity contribution < 1.29 is 51.7 Å². The van der Waals surface area contributed by atoms with E-state index in [1.54, 1.807) is 52.6 Å². The molecule has 0 bridgehead atoms. The molecule has 15 nitrogen and oxygen atoms in total. The van der Waals surface area contributed by atoms with Gasteiger partial charge in [-0.25, -0.2) is 14.3 Å². The molecular formula is C31H29ClF3N8O7S2+. The van der Waals surface area contributed by atoms with Gasteiger partial charge in [0.1, 0.15) is 34.3 Å². The molecule has 2 aliphatic rings. The van der Waals surface area contributed by atoms with Gasteiger partial charge in [0.05, 0.1) is 0 Å². The Morgan fingerprint density at radius 3 is 2.54 bits per heavy atom. The minimum Gasteiger partial charge on any atom is -0.477 e. The van der Waals surface area contributed by atoms with Crippen LogP contribution in [0.25, 0.3) is 0 Å². The number of benzene rings is 1. The number of oxime groups is 1. The molecule has 4 heterocycles. The molecule has 0 unspecified atom stereocenters. The van der Waals surface area contributed by atoms with Crippen LogP contribution in [-0.4, -0.2) is 87.3 Å². The molecule has 0 radical (unpaired) electrons. The van der Waals surface area contributed by atoms with E-state index in [1.165, 1.54) is 24.9 Å². The van der Waals surface area contributed by atoms with Crippen LogP contribution in [0.5, 0.6) is 0 Å². The number of carboxylic acids is 1. The van der Waals surface area contributed by atoms with Crippen LogP contribution in [0.4, 0.5) is 18.3 Å². The number of thioether (sulfide) groups is 1. The van der Waals surface area contributed by atoms with Gasteiger partial charge in [-0.05, 0) is 29.7 Å². The minimum absolute atomic E-state index is 0.0235. The van der Waals surface area contributed by atoms with Crippen molar-refractivity contribution in [3.05, 3.63) is 86.8 Å². The number of nitrogens with two attached hydrogens (primary N) is 1. The maximum atomic E-state index is 13.2. The maximum absolute atomic E-state index is 13.2. The zero-order valence-electron chi connectivity index (χ0n) is 26.9. The number of thiazole rings is 1. The number of halogens is 4. The monoisotopic (exact) mass is 781 g/mol. The number of nitrogen functional groups attached to an aromatic ring is 1. The highest BCUT2D eigenvalue weighted by molar-refractivity contribution is 8.00. The summed E-state index contributed by atoms with van der Waals surface area (Å²) in [6.07, 6.45) is -1.50. The molecule has 274 valence electrons. The second-order valence-electron chi connectivity index (χ2n) is 11.2. The Kier molecular flexibility index (Phi) is 11.7. The van der Waals surface area contributed by atoms with Crippen LogP contribution in [0.15, 0.2) is 65.2 Å². The normalized spacial score (nSPS) is 17.2. The number of alkyl halides is 3. The number of aliphatic carboxylic acids is 1. The number of β-lactam (4-membered cyclic amide) rings is 1. The Labute approximate surface area is 306 Å². The van der Waals surface area contributed by atoms with Crippen LogP contribution < -0.4 is 26.3 Å². The molecule has 0 spiro atoms. The molecule has 52 heavy (non-hydrogen) atoms. The van der Waals surface area contributed by atoms with Gasteiger partial charge < -0.3 is 31.6 Å². The highest BCUT2D eigenvalue weighted by Gasteiger charge is 2.55. The highest BCUT2D eigenvalue weighted by Crippen LogP contribution is 2.40. The summed E-state index contributed by atoms with van der Waals surface area (Å²) in [6, 6.07) is 8.68. The standard InChI is InChI=1S/C31H28ClF3N8O7S2/c1-50-41-20(19-23(32)52-30(36)40-19)25(45)39-21-26(46)43-22(28(47)48)18(14-51-27(21)43)13-42-9-6-16(7-10-42)12-38-24(44)17-4-2-3-15(11-17)5-8-37-29(49)31(33,34)35/h2-4,6-7,9-11,21,27H,5,8,12-14H2,1H3,(H5-,36,37,38,39,40,44,45,47,48,49)/p+1/b41-20-/t21-,27-/m1/s1. The number of aromatic nitrogens is 2. The molecule has 5 rings (SSSR count). The molecule has 6 N–H and O–H groups in total. The number of carbonyl (C=O) groups is 5. The number of nitrogens with zero attached hydrogens (tertiary/aromatic N) is 4. The maximum Gasteiger partial charge on any atom is 0.471 e. The summed E-state index contributed by atoms with van der Waals surface area (Å²) < 4.78 is 39.0. The van der Waals surface area contributed by atoms with Crippen LogP contribution in [0.1, 0.15) is 27.2 Å². The summed E-state index contributed by atoms with van der Waals surface area (Å²) in [5.74, 6) is -4.96. The molecule has 1 saturated heterocycles. The van der Waals surface area contributed by atoms with Crippen molar-refractivity contribution in [2.75, 3.05) is 25.1 Å². The Bertz CT molecular complexity index is 1970. The molecule has 3 aromatic rings. The second-order valence-corrected chi connectivity index (χ2v) is 13.9. The van der Waals surface area contributed by atoms with Crippen molar-refractivity contribution in [1.82, 2.24) is 25.8 Å². The van der Waals surface area contributed by atoms with Gasteiger partial charge >= 0.3 is 18.1 Å². The Balaban J connectivity index is 1.17. The number of hydrogen-bond donors (Lipinski definition) is 5. The van der Waals surface area contributed by atoms with Crippen molar-refractivity contribution >= 4 is 75.1 Å². The fraction of sp³-hybridized carbons (Fsp3) is 0.290. The van der Waals surface area contributed by atoms with Crippen LogP contribution in [0.2, 0.25) is 4.34 Å². The third kappa shape index (κ3) is 8.62. The van der Waals surface area contributed by atoms with Gasteiger partial charge in [-0.2, -0.15) is 13.2 Å². The summed E-state index contributed by atoms with van der Waals surface area (Å²) >= 11 is 8.33. The van der Waals surface area contributed by atoms with Gasteiger partial charge in [0.25, 0.3) is 17.7 Å². The molecule has 1 fully saturated rings. The number of amides is 4. The third-order valence-corrected chi connectivity index (χ3v) is 10.1. The van der Waals surface area contributed by atoms with E-state index in [1.807, 2.05) is 0 Å². The third-order valence-electron chi connectivity index (χ3n) is 7.69. The van der Waals surface area contributed by atoms with Crippen LogP contribution in [0.3, 0.4) is 0 Å². The van der Waals surface area contributed by atoms with E-state index in [4.69, 9.17) is 22.2 Å². The first-order valence-electron chi connectivity index (χ1n) is 15.1. The predicted molar refractivity (Wildman–Crippen MR) is 182 cm³/mol. The average molecular weight is 782 g/mol. The van der Waals surface area contributed by atoms with Crippen LogP contribution in [0, 0.1) is 0 Å². The van der Waals surface area contributed by atoms with Gasteiger partial charge in [-0.15, -0.1) is 11.8 Å². The van der Waals surface area contributed by atoms with Crippen LogP contribution >= 0.6 is 34.7 Å². The number of fused-ring (bicyclic) bond motifs is 1. The molecule has 0 saturated carbocycles. The van der Waals surface area contributed by atoms with Gasteiger partial charge in [0, 0.05) is 42.1 Å². The lowest BCUT2D eigenvalue weighted by Crippen LogP contribution is -2.71. The van der Waals surface area contributed by atoms with Gasteiger partial charge in [0.15, 0.2) is 29.8 Å². The fourth-order valence-corrected chi connectivity index (χ4v) is 7.53. The van der Waals surface area contributed by atoms with Gasteiger partial charge in [0.2, 0.25) is 0 Å². The quantitative estimate of drug-likeness (QED) is 0.0733. The van der Waals surface area contributed by atoms with E-state index in [0.29, 0.717) is 11.1 Å². The lowest BCUT2D eigenvalue weighted by atomic mass is 10.0. The van der Waals surface area contributed by atoms with Gasteiger partial charge in [-0.3, -0.25) is 24.1 Å². The molecule has 4 amide bonds. The summed E-state index contributed by atoms with van der Waals surface area (Å²) in [6.45, 7) is 0.0250. The number of pyridine rings is 1. The Morgan fingerprint density at radius 1 is 1.17 bits per heavy atom. The first-order valence-corrected chi connectivity index (χ1v) is 17.4. The number of carboxylic acid groups (broad SMARTS) is 1. The number of nitrogens with one attached hydrogen (secondary N) is 3. The number of anilines is 1. The molecular weight excluding hydrogens is 753 g/mol. The van der Waals surface area contributed by atoms with Crippen molar-refractivity contribution in [3.63, 3.8) is 0 Å². The molecule has 0 aliphatic carbocycles. The fourth-order valence-electron chi connectivity index (χ4n) is 5.27. The van der Waals surface area contributed by atoms with Crippen molar-refractivity contribution in [2.45, 2.75) is 37.1 Å². The van der Waals surface area contributed by atoms with E-state index in [2.05, 4.69) is 20.8 Å². The van der Waals surface area contributed by atoms with E-state index in [9.17, 15) is 42.3 Å². The lowest BCUT2D eigenvalue weighted by Gasteiger charge is -2.49. The summed E-state index contributed by atoms with van der Waals surface area (Å²) in [4.78, 5) is 72.3. The topological polar surface area (TPSA) is 209 Å². The van der Waals surface area contributed by atoms with Crippen molar-refractivity contribution in [2.24, 2.45) is 5.16 Å². The molecule has 2 aliphatic heterocycles. The van der Waals surface area contributed by atoms with E-state index < -0.39 is 47.2 Å². The number of hydrogen-bond acceptors (Lipinski definition) is 11. The van der Waals surface area contributed by atoms with E-state index >= 15 is 0 Å². The van der Waals surface area contributed by atoms with Crippen molar-refractivity contribution in [3.8, 4) is 0 Å². The lowest BCUT2D eigenvalue weighted by molar-refractivity contribution is -0.689. The zero-order chi connectivity index (χ0) is 37.7. The molecule has 2 atom stereocenters. The SMILES string of the molecule is CO/N=C(\C(=O)N[C@@H]1C(=O)N2C(C(=O)O)=C(C[n+]3ccc(CNC(=O)c4cccc(CCNC(=O)C(F)(F)F)c4)cc3)CS[C@H]12)c1nc(N)sc1Cl. The first-order chi connectivity index (χ1) is 24.7. The highest BCUT2D eigenvalue weighted by atomic mass is 35.5. The Morgan fingerprint density at radius 2 is 1.90 bits per heavy atom. The van der Waals surface area contributed by atoms with Crippen LogP contribution in [-0.2, 0) is 43.5 Å². The summed E-state index contributed by atoms with van der Waals surface area (Å²) in [5, 5.41) is 20.3. The smallest absolute Gasteiger partial charge is 0.471 e. The number of carbonyl (C=O) groups excluding carboxylic acids is 4. The zero-order valence-corrected chi connectivity index (χ0v) is 29.3. The van der Waals surface area contributed by atoms with Gasteiger partial charge in [-0.1, -0.05) is 40.2 Å². The summed E-state index contributed by atoms with van der Waals surface area (Å²) in [5.41, 5.74) is 7.19. The summed E-state index contributed by atoms with van der Waals surface area (Å²) in [7, 11) is 1.21. The average Bonchev–Trinajstić information content (AvgIpc) is 3.44. The molecule has 21 heteroatoms. The van der Waals surface area contributed by atoms with E-state index in [0.717, 1.165) is 21.8 Å². The number of rotatable bonds is 13. The second kappa shape index (κ2) is 16.0. The Hall–Kier alpha value is -5.21. The first kappa shape index (κ1) is 38.0. The largest absolute Gasteiger partial charge is 0.477 e.